The Labute approximate surface area is 237 Å². The molecule has 10 atom stereocenters. The maximum absolute atomic E-state index is 12.1. The number of benzene rings is 1. The number of hydrogen-bond acceptors (Lipinski definition) is 13. The minimum atomic E-state index is -1.30. The Morgan fingerprint density at radius 1 is 0.854 bits per heavy atom. The van der Waals surface area contributed by atoms with Gasteiger partial charge in [-0.05, 0) is 0 Å². The van der Waals surface area contributed by atoms with Gasteiger partial charge < -0.3 is 47.4 Å². The maximum Gasteiger partial charge on any atom is 0.303 e. The van der Waals surface area contributed by atoms with E-state index in [1.807, 2.05) is 30.3 Å². The molecule has 1 aromatic carbocycles. The van der Waals surface area contributed by atoms with Crippen molar-refractivity contribution < 1.29 is 61.8 Å². The average molecular weight is 581 g/mol. The second kappa shape index (κ2) is 14.3. The van der Waals surface area contributed by atoms with Gasteiger partial charge in [-0.25, -0.2) is 0 Å². The van der Waals surface area contributed by atoms with Crippen molar-refractivity contribution in [2.24, 2.45) is 0 Å². The lowest BCUT2D eigenvalue weighted by atomic mass is 9.96. The number of hydrogen-bond donors (Lipinski definition) is 0. The van der Waals surface area contributed by atoms with Gasteiger partial charge >= 0.3 is 17.9 Å². The first kappa shape index (κ1) is 31.0. The van der Waals surface area contributed by atoms with Gasteiger partial charge in [0.2, 0.25) is 0 Å². The van der Waals surface area contributed by atoms with Gasteiger partial charge in [-0.2, -0.15) is 0 Å². The molecule has 0 radical (unpaired) electrons. The number of carbonyl (C=O) groups excluding carboxylic acids is 3. The molecule has 13 heteroatoms. The first-order valence-corrected chi connectivity index (χ1v) is 13.2. The van der Waals surface area contributed by atoms with Crippen LogP contribution in [0.4, 0.5) is 0 Å². The smallest absolute Gasteiger partial charge is 0.303 e. The molecule has 0 amide bonds. The molecule has 0 spiro atoms. The molecule has 3 heterocycles. The normalized spacial score (nSPS) is 35.0. The molecule has 0 aromatic heterocycles. The van der Waals surface area contributed by atoms with E-state index in [-0.39, 0.29) is 19.8 Å². The Kier molecular flexibility index (Phi) is 10.8. The minimum Gasteiger partial charge on any atom is -0.456 e. The van der Waals surface area contributed by atoms with E-state index in [9.17, 15) is 14.4 Å². The number of fused-ring (bicyclic) bond motifs is 1. The number of rotatable bonds is 10. The Hall–Kier alpha value is -2.91. The molecule has 41 heavy (non-hydrogen) atoms. The molecule has 3 fully saturated rings. The lowest BCUT2D eigenvalue weighted by Crippen LogP contribution is -2.66. The van der Waals surface area contributed by atoms with E-state index >= 15 is 0 Å². The Morgan fingerprint density at radius 3 is 2.17 bits per heavy atom. The molecule has 0 N–H and O–H groups in total. The van der Waals surface area contributed by atoms with Crippen LogP contribution in [0.5, 0.6) is 0 Å². The highest BCUT2D eigenvalue weighted by molar-refractivity contribution is 5.68. The third kappa shape index (κ3) is 7.68. The molecule has 0 aliphatic carbocycles. The van der Waals surface area contributed by atoms with Crippen LogP contribution in [0.2, 0.25) is 0 Å². The molecule has 0 saturated carbocycles. The van der Waals surface area contributed by atoms with Crippen molar-refractivity contribution in [2.75, 3.05) is 26.9 Å². The van der Waals surface area contributed by atoms with Gasteiger partial charge in [-0.1, -0.05) is 36.4 Å². The van der Waals surface area contributed by atoms with Crippen molar-refractivity contribution in [1.29, 1.82) is 0 Å². The Balaban J connectivity index is 1.66. The van der Waals surface area contributed by atoms with Crippen LogP contribution >= 0.6 is 0 Å². The summed E-state index contributed by atoms with van der Waals surface area (Å²) in [4.78, 5) is 35.9. The fraction of sp³-hybridized carbons (Fsp3) is 0.607. The summed E-state index contributed by atoms with van der Waals surface area (Å²) in [7, 11) is 1.46. The topological polar surface area (TPSA) is 144 Å². The lowest BCUT2D eigenvalue weighted by molar-refractivity contribution is -0.388. The first-order valence-electron chi connectivity index (χ1n) is 13.2. The molecule has 0 unspecified atom stereocenters. The first-order chi connectivity index (χ1) is 19.7. The van der Waals surface area contributed by atoms with Crippen LogP contribution in [0, 0.1) is 0 Å². The van der Waals surface area contributed by atoms with E-state index in [1.54, 1.807) is 6.08 Å². The van der Waals surface area contributed by atoms with Gasteiger partial charge in [0.25, 0.3) is 0 Å². The predicted molar refractivity (Wildman–Crippen MR) is 137 cm³/mol. The molecule has 3 aliphatic heterocycles. The van der Waals surface area contributed by atoms with Crippen LogP contribution < -0.4 is 0 Å². The second-order valence-electron chi connectivity index (χ2n) is 9.64. The molecular formula is C28H36O13. The molecule has 4 rings (SSSR count). The van der Waals surface area contributed by atoms with Gasteiger partial charge in [-0.15, -0.1) is 6.58 Å². The minimum absolute atomic E-state index is 0.132. The number of ether oxygens (including phenoxy) is 10. The van der Waals surface area contributed by atoms with Gasteiger partial charge in [0.1, 0.15) is 24.4 Å². The van der Waals surface area contributed by atoms with Crippen molar-refractivity contribution in [1.82, 2.24) is 0 Å². The average Bonchev–Trinajstić information content (AvgIpc) is 2.94. The van der Waals surface area contributed by atoms with Crippen LogP contribution in [-0.2, 0) is 61.8 Å². The summed E-state index contributed by atoms with van der Waals surface area (Å²) in [5.74, 6) is -2.01. The molecule has 3 aliphatic rings. The molecule has 3 saturated heterocycles. The van der Waals surface area contributed by atoms with E-state index < -0.39 is 79.5 Å². The Morgan fingerprint density at radius 2 is 1.54 bits per heavy atom. The molecule has 226 valence electrons. The number of carbonyl (C=O) groups is 3. The maximum atomic E-state index is 12.1. The van der Waals surface area contributed by atoms with Gasteiger partial charge in [0.05, 0.1) is 19.8 Å². The molecule has 13 nitrogen and oxygen atoms in total. The fourth-order valence-corrected chi connectivity index (χ4v) is 5.01. The lowest BCUT2D eigenvalue weighted by Gasteiger charge is -2.50. The monoisotopic (exact) mass is 580 g/mol. The van der Waals surface area contributed by atoms with E-state index in [1.165, 1.54) is 27.9 Å². The van der Waals surface area contributed by atoms with Crippen LogP contribution in [0.25, 0.3) is 0 Å². The van der Waals surface area contributed by atoms with E-state index in [2.05, 4.69) is 6.58 Å². The summed E-state index contributed by atoms with van der Waals surface area (Å²) in [5.41, 5.74) is 0.785. The summed E-state index contributed by atoms with van der Waals surface area (Å²) >= 11 is 0. The van der Waals surface area contributed by atoms with Crippen molar-refractivity contribution in [3.05, 3.63) is 48.6 Å². The van der Waals surface area contributed by atoms with Crippen molar-refractivity contribution in [3.63, 3.8) is 0 Å². The van der Waals surface area contributed by atoms with E-state index in [0.29, 0.717) is 0 Å². The molecular weight excluding hydrogens is 544 g/mol. The highest BCUT2D eigenvalue weighted by Gasteiger charge is 2.55. The molecule has 1 aromatic rings. The highest BCUT2D eigenvalue weighted by Crippen LogP contribution is 2.38. The summed E-state index contributed by atoms with van der Waals surface area (Å²) < 4.78 is 58.7. The number of methoxy groups -OCH3 is 1. The third-order valence-electron chi connectivity index (χ3n) is 6.59. The van der Waals surface area contributed by atoms with Crippen molar-refractivity contribution >= 4 is 17.9 Å². The zero-order valence-corrected chi connectivity index (χ0v) is 23.4. The zero-order chi connectivity index (χ0) is 29.5. The SMILES string of the molecule is C=CCO[C@@H]1[C@@H](OC)O[C@@H]2CO[C@@H](c3ccccc3)O[C@H]2[C@@H]1O[C@H]1OC[C@@H](OC(C)=O)[C@H](OC(C)=O)[C@@H]1OC(C)=O. The second-order valence-corrected chi connectivity index (χ2v) is 9.64. The van der Waals surface area contributed by atoms with Crippen molar-refractivity contribution in [2.45, 2.75) is 82.4 Å². The van der Waals surface area contributed by atoms with Crippen LogP contribution in [0.1, 0.15) is 32.6 Å². The van der Waals surface area contributed by atoms with Crippen LogP contribution in [0.15, 0.2) is 43.0 Å². The van der Waals surface area contributed by atoms with Crippen LogP contribution in [0.3, 0.4) is 0 Å². The standard InChI is InChI=1S/C28H36O13/c1-6-12-33-24-23(21-20(39-27(24)32-5)14-34-26(40-21)18-10-8-7-9-11-18)41-28-25(38-17(4)31)22(37-16(3)30)19(13-35-28)36-15(2)29/h6-11,19-28H,1,12-14H2,2-5H3/t19-,20-,21-,22+,23+,24+,25+,26-,27+,28-/m1/s1. The summed E-state index contributed by atoms with van der Waals surface area (Å²) in [6.07, 6.45) is -8.06. The van der Waals surface area contributed by atoms with Gasteiger partial charge in [0, 0.05) is 33.4 Å². The largest absolute Gasteiger partial charge is 0.456 e. The summed E-state index contributed by atoms with van der Waals surface area (Å²) in [5, 5.41) is 0. The summed E-state index contributed by atoms with van der Waals surface area (Å²) in [6, 6.07) is 9.35. The zero-order valence-electron chi connectivity index (χ0n) is 23.4. The molecule has 0 bridgehead atoms. The van der Waals surface area contributed by atoms with Gasteiger partial charge in [-0.3, -0.25) is 14.4 Å². The quantitative estimate of drug-likeness (QED) is 0.225. The Bertz CT molecular complexity index is 1050. The van der Waals surface area contributed by atoms with E-state index in [0.717, 1.165) is 5.56 Å². The van der Waals surface area contributed by atoms with E-state index in [4.69, 9.17) is 47.4 Å². The van der Waals surface area contributed by atoms with Crippen molar-refractivity contribution in [3.8, 4) is 0 Å². The van der Waals surface area contributed by atoms with Crippen LogP contribution in [-0.4, -0.2) is 100 Å². The highest BCUT2D eigenvalue weighted by atomic mass is 16.8. The number of esters is 3. The predicted octanol–water partition coefficient (Wildman–Crippen LogP) is 1.58. The van der Waals surface area contributed by atoms with Gasteiger partial charge in [0.15, 0.2) is 37.2 Å². The fourth-order valence-electron chi connectivity index (χ4n) is 5.01. The summed E-state index contributed by atoms with van der Waals surface area (Å²) in [6.45, 7) is 7.37. The third-order valence-corrected chi connectivity index (χ3v) is 6.59.